The number of esters is 1. The fourth-order valence-electron chi connectivity index (χ4n) is 2.08. The molecule has 0 saturated heterocycles. The van der Waals surface area contributed by atoms with Crippen LogP contribution in [0.4, 0.5) is 0 Å². The van der Waals surface area contributed by atoms with Crippen LogP contribution < -0.4 is 0 Å². The van der Waals surface area contributed by atoms with Gasteiger partial charge in [-0.05, 0) is 17.7 Å². The maximum absolute atomic E-state index is 11.5. The second-order valence-corrected chi connectivity index (χ2v) is 4.14. The highest BCUT2D eigenvalue weighted by molar-refractivity contribution is 5.91. The van der Waals surface area contributed by atoms with Crippen LogP contribution in [0, 0.1) is 0 Å². The molecule has 0 atom stereocenters. The Morgan fingerprint density at radius 1 is 1.16 bits per heavy atom. The van der Waals surface area contributed by atoms with Crippen LogP contribution in [0.25, 0.3) is 16.6 Å². The quantitative estimate of drug-likeness (QED) is 0.659. The third kappa shape index (κ3) is 1.97. The molecular formula is C15H12N2O2. The van der Waals surface area contributed by atoms with Gasteiger partial charge in [-0.3, -0.25) is 0 Å². The zero-order chi connectivity index (χ0) is 13.2. The van der Waals surface area contributed by atoms with Gasteiger partial charge in [0.05, 0.1) is 12.6 Å². The van der Waals surface area contributed by atoms with Gasteiger partial charge in [-0.25, -0.2) is 9.31 Å². The minimum atomic E-state index is -0.428. The Balaban J connectivity index is 2.21. The van der Waals surface area contributed by atoms with Crippen LogP contribution >= 0.6 is 0 Å². The number of ether oxygens (including phenoxy) is 1. The summed E-state index contributed by atoms with van der Waals surface area (Å²) in [6.07, 6.45) is 1.81. The Bertz CT molecular complexity index is 732. The molecule has 0 bridgehead atoms. The molecule has 0 spiro atoms. The van der Waals surface area contributed by atoms with Crippen molar-refractivity contribution < 1.29 is 9.53 Å². The number of hydrogen-bond acceptors (Lipinski definition) is 3. The normalized spacial score (nSPS) is 10.6. The average Bonchev–Trinajstić information content (AvgIpc) is 2.91. The van der Waals surface area contributed by atoms with Crippen molar-refractivity contribution in [1.82, 2.24) is 9.61 Å². The first kappa shape index (κ1) is 11.5. The van der Waals surface area contributed by atoms with Gasteiger partial charge in [0, 0.05) is 11.8 Å². The third-order valence-electron chi connectivity index (χ3n) is 2.98. The van der Waals surface area contributed by atoms with Gasteiger partial charge in [0.25, 0.3) is 0 Å². The molecule has 3 aromatic rings. The summed E-state index contributed by atoms with van der Waals surface area (Å²) in [5, 5.41) is 4.21. The van der Waals surface area contributed by atoms with Gasteiger partial charge in [0.15, 0.2) is 5.69 Å². The van der Waals surface area contributed by atoms with E-state index in [1.807, 2.05) is 48.7 Å². The second kappa shape index (κ2) is 4.57. The predicted octanol–water partition coefficient (Wildman–Crippen LogP) is 2.79. The summed E-state index contributed by atoms with van der Waals surface area (Å²) >= 11 is 0. The number of hydrogen-bond donors (Lipinski definition) is 0. The molecule has 0 aliphatic carbocycles. The Labute approximate surface area is 110 Å². The summed E-state index contributed by atoms with van der Waals surface area (Å²) in [6.45, 7) is 0. The molecule has 0 N–H and O–H groups in total. The van der Waals surface area contributed by atoms with E-state index in [0.29, 0.717) is 5.69 Å². The van der Waals surface area contributed by atoms with Crippen LogP contribution in [0.1, 0.15) is 10.5 Å². The molecule has 0 unspecified atom stereocenters. The molecule has 0 aliphatic rings. The molecule has 4 nitrogen and oxygen atoms in total. The van der Waals surface area contributed by atoms with Crippen molar-refractivity contribution in [2.24, 2.45) is 0 Å². The van der Waals surface area contributed by atoms with Gasteiger partial charge >= 0.3 is 5.97 Å². The number of methoxy groups -OCH3 is 1. The molecule has 0 saturated carbocycles. The highest BCUT2D eigenvalue weighted by Crippen LogP contribution is 2.24. The van der Waals surface area contributed by atoms with Crippen LogP contribution in [0.5, 0.6) is 0 Å². The van der Waals surface area contributed by atoms with Gasteiger partial charge in [-0.2, -0.15) is 5.10 Å². The Morgan fingerprint density at radius 3 is 2.68 bits per heavy atom. The molecule has 0 fully saturated rings. The Morgan fingerprint density at radius 2 is 1.95 bits per heavy atom. The molecular weight excluding hydrogens is 240 g/mol. The van der Waals surface area contributed by atoms with Gasteiger partial charge in [-0.1, -0.05) is 36.4 Å². The summed E-state index contributed by atoms with van der Waals surface area (Å²) in [6, 6.07) is 15.7. The third-order valence-corrected chi connectivity index (χ3v) is 2.98. The van der Waals surface area contributed by atoms with Crippen molar-refractivity contribution >= 4 is 11.5 Å². The number of carbonyl (C=O) groups is 1. The number of carbonyl (C=O) groups excluding carboxylic acids is 1. The average molecular weight is 252 g/mol. The summed E-state index contributed by atoms with van der Waals surface area (Å²) in [7, 11) is 1.35. The lowest BCUT2D eigenvalue weighted by molar-refractivity contribution is 0.0593. The molecule has 3 rings (SSSR count). The van der Waals surface area contributed by atoms with E-state index >= 15 is 0 Å². The summed E-state index contributed by atoms with van der Waals surface area (Å²) < 4.78 is 6.39. The first-order chi connectivity index (χ1) is 9.29. The zero-order valence-corrected chi connectivity index (χ0v) is 10.4. The van der Waals surface area contributed by atoms with Gasteiger partial charge < -0.3 is 4.74 Å². The van der Waals surface area contributed by atoms with Gasteiger partial charge in [0.2, 0.25) is 0 Å². The maximum Gasteiger partial charge on any atom is 0.358 e. The van der Waals surface area contributed by atoms with Crippen molar-refractivity contribution in [3.63, 3.8) is 0 Å². The van der Waals surface area contributed by atoms with Crippen molar-refractivity contribution in [2.75, 3.05) is 7.11 Å². The molecule has 2 heterocycles. The van der Waals surface area contributed by atoms with Crippen molar-refractivity contribution in [3.8, 4) is 11.1 Å². The summed E-state index contributed by atoms with van der Waals surface area (Å²) in [5.74, 6) is -0.428. The largest absolute Gasteiger partial charge is 0.464 e. The highest BCUT2D eigenvalue weighted by Gasteiger charge is 2.13. The topological polar surface area (TPSA) is 43.6 Å². The first-order valence-corrected chi connectivity index (χ1v) is 5.92. The monoisotopic (exact) mass is 252 g/mol. The van der Waals surface area contributed by atoms with Crippen molar-refractivity contribution in [3.05, 3.63) is 60.4 Å². The summed E-state index contributed by atoms with van der Waals surface area (Å²) in [4.78, 5) is 11.5. The van der Waals surface area contributed by atoms with Crippen LogP contribution in [-0.4, -0.2) is 22.7 Å². The lowest BCUT2D eigenvalue weighted by Gasteiger charge is -2.03. The predicted molar refractivity (Wildman–Crippen MR) is 72.0 cm³/mol. The molecule has 4 heteroatoms. The van der Waals surface area contributed by atoms with E-state index in [2.05, 4.69) is 5.10 Å². The van der Waals surface area contributed by atoms with Crippen molar-refractivity contribution in [1.29, 1.82) is 0 Å². The van der Waals surface area contributed by atoms with E-state index in [-0.39, 0.29) is 0 Å². The van der Waals surface area contributed by atoms with Crippen LogP contribution in [0.15, 0.2) is 54.7 Å². The number of nitrogens with zero attached hydrogens (tertiary/aromatic N) is 2. The minimum Gasteiger partial charge on any atom is -0.464 e. The number of benzene rings is 1. The lowest BCUT2D eigenvalue weighted by Crippen LogP contribution is -2.01. The molecule has 19 heavy (non-hydrogen) atoms. The highest BCUT2D eigenvalue weighted by atomic mass is 16.5. The van der Waals surface area contributed by atoms with Crippen LogP contribution in [0.2, 0.25) is 0 Å². The SMILES string of the molecule is COC(=O)c1cc2c(-c3ccccc3)cccn2n1. The van der Waals surface area contributed by atoms with E-state index in [4.69, 9.17) is 4.74 Å². The Hall–Kier alpha value is -2.62. The second-order valence-electron chi connectivity index (χ2n) is 4.14. The first-order valence-electron chi connectivity index (χ1n) is 5.92. The Kier molecular flexibility index (Phi) is 2.76. The molecule has 0 aliphatic heterocycles. The van der Waals surface area contributed by atoms with E-state index < -0.39 is 5.97 Å². The van der Waals surface area contributed by atoms with Gasteiger partial charge in [-0.15, -0.1) is 0 Å². The summed E-state index contributed by atoms with van der Waals surface area (Å²) in [5.41, 5.74) is 3.31. The van der Waals surface area contributed by atoms with Gasteiger partial charge in [0.1, 0.15) is 0 Å². The number of aromatic nitrogens is 2. The lowest BCUT2D eigenvalue weighted by atomic mass is 10.1. The smallest absolute Gasteiger partial charge is 0.358 e. The fraction of sp³-hybridized carbons (Fsp3) is 0.0667. The van der Waals surface area contributed by atoms with Crippen molar-refractivity contribution in [2.45, 2.75) is 0 Å². The standard InChI is InChI=1S/C15H12N2O2/c1-19-15(18)13-10-14-12(8-5-9-17(14)16-13)11-6-3-2-4-7-11/h2-10H,1H3. The van der Waals surface area contributed by atoms with Crippen LogP contribution in [0.3, 0.4) is 0 Å². The molecule has 0 radical (unpaired) electrons. The van der Waals surface area contributed by atoms with E-state index in [0.717, 1.165) is 16.6 Å². The van der Waals surface area contributed by atoms with Crippen LogP contribution in [-0.2, 0) is 4.74 Å². The van der Waals surface area contributed by atoms with E-state index in [9.17, 15) is 4.79 Å². The maximum atomic E-state index is 11.5. The fourth-order valence-corrected chi connectivity index (χ4v) is 2.08. The molecule has 0 amide bonds. The zero-order valence-electron chi connectivity index (χ0n) is 10.4. The van der Waals surface area contributed by atoms with E-state index in [1.165, 1.54) is 7.11 Å². The molecule has 1 aromatic carbocycles. The minimum absolute atomic E-state index is 0.311. The number of rotatable bonds is 2. The number of fused-ring (bicyclic) bond motifs is 1. The molecule has 94 valence electrons. The number of pyridine rings is 1. The molecule has 2 aromatic heterocycles. The van der Waals surface area contributed by atoms with E-state index in [1.54, 1.807) is 10.6 Å².